The molecule has 3 aromatic rings. The summed E-state index contributed by atoms with van der Waals surface area (Å²) in [5.74, 6) is -0.175. The van der Waals surface area contributed by atoms with Gasteiger partial charge in [-0.3, -0.25) is 19.3 Å². The van der Waals surface area contributed by atoms with Crippen molar-refractivity contribution in [1.82, 2.24) is 4.98 Å². The zero-order valence-electron chi connectivity index (χ0n) is 19.0. The fourth-order valence-corrected chi connectivity index (χ4v) is 4.92. The zero-order valence-corrected chi connectivity index (χ0v) is 19.7. The molecule has 0 radical (unpaired) electrons. The Bertz CT molecular complexity index is 1260. The van der Waals surface area contributed by atoms with Crippen molar-refractivity contribution in [3.8, 4) is 11.3 Å². The molecule has 2 amide bonds. The first-order valence-corrected chi connectivity index (χ1v) is 11.9. The molecule has 1 aliphatic carbocycles. The first-order valence-electron chi connectivity index (χ1n) is 11.6. The largest absolute Gasteiger partial charge is 0.456 e. The summed E-state index contributed by atoms with van der Waals surface area (Å²) in [6, 6.07) is 14.3. The molecule has 0 atom stereocenters. The molecule has 1 spiro atoms. The Morgan fingerprint density at radius 1 is 1.11 bits per heavy atom. The smallest absolute Gasteiger partial charge is 0.306 e. The van der Waals surface area contributed by atoms with Crippen molar-refractivity contribution in [2.45, 2.75) is 44.1 Å². The molecule has 1 fully saturated rings. The van der Waals surface area contributed by atoms with E-state index in [0.717, 1.165) is 18.4 Å². The Morgan fingerprint density at radius 3 is 2.63 bits per heavy atom. The van der Waals surface area contributed by atoms with Gasteiger partial charge in [0.2, 0.25) is 0 Å². The molecule has 1 aromatic heterocycles. The lowest BCUT2D eigenvalue weighted by molar-refractivity contribution is -0.148. The Labute approximate surface area is 207 Å². The molecule has 2 aliphatic rings. The molecule has 2 aromatic carbocycles. The van der Waals surface area contributed by atoms with E-state index in [1.54, 1.807) is 36.5 Å². The van der Waals surface area contributed by atoms with Crippen LogP contribution in [0.15, 0.2) is 59.1 Å². The molecule has 1 saturated carbocycles. The van der Waals surface area contributed by atoms with E-state index < -0.39 is 24.0 Å². The average molecular weight is 494 g/mol. The number of hydrogen-bond donors (Lipinski definition) is 1. The molecule has 8 nitrogen and oxygen atoms in total. The second-order valence-electron chi connectivity index (χ2n) is 8.72. The van der Waals surface area contributed by atoms with Crippen LogP contribution in [0.25, 0.3) is 11.3 Å². The van der Waals surface area contributed by atoms with Crippen LogP contribution in [0.4, 0.5) is 11.4 Å². The van der Waals surface area contributed by atoms with Gasteiger partial charge in [0, 0.05) is 17.0 Å². The normalized spacial score (nSPS) is 16.1. The van der Waals surface area contributed by atoms with E-state index in [0.29, 0.717) is 40.9 Å². The van der Waals surface area contributed by atoms with Crippen LogP contribution in [-0.4, -0.2) is 34.9 Å². The van der Waals surface area contributed by atoms with Gasteiger partial charge in [-0.25, -0.2) is 4.98 Å². The maximum atomic E-state index is 13.3. The van der Waals surface area contributed by atoms with Crippen molar-refractivity contribution in [2.24, 2.45) is 0 Å². The number of anilines is 2. The van der Waals surface area contributed by atoms with Crippen LogP contribution >= 0.6 is 11.6 Å². The summed E-state index contributed by atoms with van der Waals surface area (Å²) in [5, 5.41) is 3.56. The number of hydrogen-bond acceptors (Lipinski definition) is 6. The molecule has 5 rings (SSSR count). The molecule has 1 aliphatic heterocycles. The number of benzene rings is 2. The van der Waals surface area contributed by atoms with Crippen molar-refractivity contribution >= 4 is 40.8 Å². The minimum absolute atomic E-state index is 0.00999. The molecule has 35 heavy (non-hydrogen) atoms. The number of amides is 2. The Hall–Kier alpha value is -3.65. The molecular weight excluding hydrogens is 470 g/mol. The van der Waals surface area contributed by atoms with Crippen molar-refractivity contribution in [3.63, 3.8) is 0 Å². The number of carbonyl (C=O) groups is 3. The molecule has 180 valence electrons. The number of rotatable bonds is 6. The summed E-state index contributed by atoms with van der Waals surface area (Å²) in [7, 11) is 0. The molecule has 1 N–H and O–H groups in total. The van der Waals surface area contributed by atoms with E-state index >= 15 is 0 Å². The van der Waals surface area contributed by atoms with Crippen molar-refractivity contribution in [3.05, 3.63) is 65.6 Å². The number of aryl methyl sites for hydroxylation is 1. The number of carbonyl (C=O) groups excluding carboxylic acids is 3. The minimum Gasteiger partial charge on any atom is -0.456 e. The van der Waals surface area contributed by atoms with Gasteiger partial charge in [-0.05, 0) is 49.2 Å². The monoisotopic (exact) mass is 493 g/mol. The predicted molar refractivity (Wildman–Crippen MR) is 130 cm³/mol. The number of nitrogens with one attached hydrogen (secondary N) is 1. The second kappa shape index (κ2) is 9.54. The summed E-state index contributed by atoms with van der Waals surface area (Å²) >= 11 is 5.91. The summed E-state index contributed by atoms with van der Waals surface area (Å²) in [6.45, 7) is -0.441. The maximum absolute atomic E-state index is 13.3. The van der Waals surface area contributed by atoms with Crippen molar-refractivity contribution < 1.29 is 23.5 Å². The quantitative estimate of drug-likeness (QED) is 0.496. The Morgan fingerprint density at radius 2 is 1.86 bits per heavy atom. The molecule has 9 heteroatoms. The lowest BCUT2D eigenvalue weighted by Gasteiger charge is -2.44. The number of halogens is 1. The zero-order chi connectivity index (χ0) is 24.4. The first kappa shape index (κ1) is 23.1. The minimum atomic E-state index is -0.937. The van der Waals surface area contributed by atoms with Gasteiger partial charge in [0.05, 0.1) is 24.0 Å². The number of para-hydroxylation sites is 2. The summed E-state index contributed by atoms with van der Waals surface area (Å²) in [5.41, 5.74) is 1.10. The van der Waals surface area contributed by atoms with Crippen LogP contribution in [-0.2, 0) is 25.5 Å². The summed E-state index contributed by atoms with van der Waals surface area (Å²) < 4.78 is 11.0. The van der Waals surface area contributed by atoms with Gasteiger partial charge in [-0.15, -0.1) is 0 Å². The standard InChI is InChI=1S/C26H24ClN3O5/c27-18-9-7-17(8-10-18)21-15-28-22(35-21)11-12-24(32)34-16-23(31)30-20-6-2-1-5-19(20)29-25(33)26(30)13-3-4-14-26/h1-2,5-10,15H,3-4,11-14,16H2,(H,29,33). The number of aromatic nitrogens is 1. The molecule has 0 unspecified atom stereocenters. The number of oxazole rings is 1. The van der Waals surface area contributed by atoms with Gasteiger partial charge < -0.3 is 14.5 Å². The van der Waals surface area contributed by atoms with Crippen LogP contribution in [0.3, 0.4) is 0 Å². The van der Waals surface area contributed by atoms with E-state index in [1.165, 1.54) is 4.90 Å². The highest BCUT2D eigenvalue weighted by Crippen LogP contribution is 2.45. The molecular formula is C26H24ClN3O5. The van der Waals surface area contributed by atoms with E-state index in [2.05, 4.69) is 10.3 Å². The van der Waals surface area contributed by atoms with Crippen LogP contribution in [0.2, 0.25) is 5.02 Å². The second-order valence-corrected chi connectivity index (χ2v) is 9.16. The lowest BCUT2D eigenvalue weighted by atomic mass is 9.90. The Balaban J connectivity index is 1.21. The number of esters is 1. The van der Waals surface area contributed by atoms with E-state index in [9.17, 15) is 14.4 Å². The van der Waals surface area contributed by atoms with E-state index in [4.69, 9.17) is 20.8 Å². The third-order valence-electron chi connectivity index (χ3n) is 6.51. The van der Waals surface area contributed by atoms with Gasteiger partial charge in [-0.2, -0.15) is 0 Å². The average Bonchev–Trinajstić information content (AvgIpc) is 3.54. The number of ether oxygens (including phenoxy) is 1. The molecule has 0 bridgehead atoms. The van der Waals surface area contributed by atoms with Crippen LogP contribution < -0.4 is 10.2 Å². The van der Waals surface area contributed by atoms with Gasteiger partial charge in [0.15, 0.2) is 18.3 Å². The fourth-order valence-electron chi connectivity index (χ4n) is 4.79. The topological polar surface area (TPSA) is 102 Å². The number of nitrogens with zero attached hydrogens (tertiary/aromatic N) is 2. The van der Waals surface area contributed by atoms with Gasteiger partial charge >= 0.3 is 5.97 Å². The maximum Gasteiger partial charge on any atom is 0.306 e. The van der Waals surface area contributed by atoms with Crippen LogP contribution in [0.1, 0.15) is 38.0 Å². The Kier molecular flexibility index (Phi) is 6.30. The fraction of sp³-hybridized carbons (Fsp3) is 0.308. The summed E-state index contributed by atoms with van der Waals surface area (Å²) in [6.07, 6.45) is 4.70. The van der Waals surface area contributed by atoms with E-state index in [1.807, 2.05) is 18.2 Å². The van der Waals surface area contributed by atoms with Gasteiger partial charge in [0.1, 0.15) is 5.54 Å². The van der Waals surface area contributed by atoms with Gasteiger partial charge in [0.25, 0.3) is 11.8 Å². The SMILES string of the molecule is O=C(CCc1ncc(-c2ccc(Cl)cc2)o1)OCC(=O)N1c2ccccc2NC(=O)C12CCCC2. The van der Waals surface area contributed by atoms with Gasteiger partial charge in [-0.1, -0.05) is 36.6 Å². The predicted octanol–water partition coefficient (Wildman–Crippen LogP) is 4.77. The highest BCUT2D eigenvalue weighted by Gasteiger charge is 2.52. The molecule has 0 saturated heterocycles. The van der Waals surface area contributed by atoms with Crippen LogP contribution in [0.5, 0.6) is 0 Å². The highest BCUT2D eigenvalue weighted by molar-refractivity contribution is 6.30. The van der Waals surface area contributed by atoms with E-state index in [-0.39, 0.29) is 18.7 Å². The van der Waals surface area contributed by atoms with Crippen molar-refractivity contribution in [1.29, 1.82) is 0 Å². The highest BCUT2D eigenvalue weighted by atomic mass is 35.5. The first-order chi connectivity index (χ1) is 17.0. The summed E-state index contributed by atoms with van der Waals surface area (Å²) in [4.78, 5) is 44.4. The third-order valence-corrected chi connectivity index (χ3v) is 6.76. The molecule has 2 heterocycles. The van der Waals surface area contributed by atoms with Crippen LogP contribution in [0, 0.1) is 0 Å². The van der Waals surface area contributed by atoms with Crippen molar-refractivity contribution in [2.75, 3.05) is 16.8 Å². The number of fused-ring (bicyclic) bond motifs is 1. The lowest BCUT2D eigenvalue weighted by Crippen LogP contribution is -2.61. The third kappa shape index (κ3) is 4.53.